The number of carbonyl (C=O) groups excluding carboxylic acids is 2. The van der Waals surface area contributed by atoms with Gasteiger partial charge in [0.1, 0.15) is 0 Å². The van der Waals surface area contributed by atoms with Crippen molar-refractivity contribution in [3.05, 3.63) is 46.8 Å². The van der Waals surface area contributed by atoms with Crippen molar-refractivity contribution in [3.8, 4) is 5.69 Å². The molecule has 1 aliphatic rings. The second-order valence-corrected chi connectivity index (χ2v) is 7.30. The molecule has 0 radical (unpaired) electrons. The van der Waals surface area contributed by atoms with Crippen LogP contribution < -0.4 is 0 Å². The van der Waals surface area contributed by atoms with Crippen LogP contribution in [0.25, 0.3) is 5.69 Å². The molecule has 0 aliphatic carbocycles. The van der Waals surface area contributed by atoms with E-state index in [1.54, 1.807) is 13.8 Å². The summed E-state index contributed by atoms with van der Waals surface area (Å²) in [5, 5.41) is 4.22. The third-order valence-corrected chi connectivity index (χ3v) is 4.84. The second-order valence-electron chi connectivity index (χ2n) is 7.30. The van der Waals surface area contributed by atoms with Crippen LogP contribution >= 0.6 is 0 Å². The van der Waals surface area contributed by atoms with Gasteiger partial charge in [-0.25, -0.2) is 4.68 Å². The quantitative estimate of drug-likeness (QED) is 0.576. The molecule has 3 rings (SSSR count). The van der Waals surface area contributed by atoms with E-state index < -0.39 is 23.4 Å². The highest BCUT2D eigenvalue weighted by Crippen LogP contribution is 2.31. The SMILES string of the molecule is Cc1nn(-c2cccc(C(F)(F)F)c2)c(C)c1C(=O)C(=O)N1C[C@H](C)O[C@@H](C)C1. The molecule has 1 aromatic carbocycles. The zero-order valence-corrected chi connectivity index (χ0v) is 16.6. The Hall–Kier alpha value is -2.68. The summed E-state index contributed by atoms with van der Waals surface area (Å²) in [5.41, 5.74) is 0.0599. The molecule has 156 valence electrons. The van der Waals surface area contributed by atoms with Crippen LogP contribution in [-0.4, -0.2) is 51.7 Å². The van der Waals surface area contributed by atoms with Gasteiger partial charge in [-0.3, -0.25) is 9.59 Å². The molecule has 0 bridgehead atoms. The summed E-state index contributed by atoms with van der Waals surface area (Å²) in [4.78, 5) is 27.1. The zero-order valence-electron chi connectivity index (χ0n) is 16.6. The van der Waals surface area contributed by atoms with Crippen LogP contribution in [0.5, 0.6) is 0 Å². The summed E-state index contributed by atoms with van der Waals surface area (Å²) in [6, 6.07) is 4.67. The Morgan fingerprint density at radius 2 is 1.76 bits per heavy atom. The Balaban J connectivity index is 1.94. The van der Waals surface area contributed by atoms with Crippen LogP contribution in [0.1, 0.15) is 41.2 Å². The molecular formula is C20H22F3N3O3. The maximum atomic E-state index is 13.0. The monoisotopic (exact) mass is 409 g/mol. The average molecular weight is 409 g/mol. The second kappa shape index (κ2) is 7.62. The minimum atomic E-state index is -4.50. The fourth-order valence-corrected chi connectivity index (χ4v) is 3.63. The fraction of sp³-hybridized carbons (Fsp3) is 0.450. The predicted molar refractivity (Wildman–Crippen MR) is 99.0 cm³/mol. The number of rotatable bonds is 3. The first kappa shape index (κ1) is 21.0. The number of ketones is 1. The van der Waals surface area contributed by atoms with E-state index in [1.165, 1.54) is 21.7 Å². The molecule has 2 aromatic rings. The van der Waals surface area contributed by atoms with Crippen molar-refractivity contribution in [2.24, 2.45) is 0 Å². The molecule has 29 heavy (non-hydrogen) atoms. The van der Waals surface area contributed by atoms with E-state index in [0.29, 0.717) is 18.8 Å². The molecule has 1 saturated heterocycles. The van der Waals surface area contributed by atoms with Gasteiger partial charge in [-0.1, -0.05) is 6.07 Å². The molecule has 0 N–H and O–H groups in total. The third kappa shape index (κ3) is 4.19. The van der Waals surface area contributed by atoms with Crippen molar-refractivity contribution in [2.75, 3.05) is 13.1 Å². The van der Waals surface area contributed by atoms with E-state index in [-0.39, 0.29) is 29.2 Å². The molecule has 0 spiro atoms. The predicted octanol–water partition coefficient (Wildman–Crippen LogP) is 3.33. The molecule has 1 aliphatic heterocycles. The number of benzene rings is 1. The minimum Gasteiger partial charge on any atom is -0.372 e. The summed E-state index contributed by atoms with van der Waals surface area (Å²) in [6.45, 7) is 7.36. The summed E-state index contributed by atoms with van der Waals surface area (Å²) in [7, 11) is 0. The van der Waals surface area contributed by atoms with Gasteiger partial charge in [0.25, 0.3) is 11.7 Å². The first-order valence-corrected chi connectivity index (χ1v) is 9.22. The Labute approximate surface area is 166 Å². The molecule has 0 unspecified atom stereocenters. The molecule has 1 amide bonds. The topological polar surface area (TPSA) is 64.4 Å². The standard InChI is InChI=1S/C20H22F3N3O3/c1-11-9-25(10-12(2)29-11)19(28)18(27)17-13(3)24-26(14(17)4)16-7-5-6-15(8-16)20(21,22)23/h5-8,11-12H,9-10H2,1-4H3/t11-,12-/m0/s1. The lowest BCUT2D eigenvalue weighted by molar-refractivity contribution is -0.138. The molecule has 2 atom stereocenters. The summed E-state index contributed by atoms with van der Waals surface area (Å²) in [6.07, 6.45) is -4.87. The highest BCUT2D eigenvalue weighted by molar-refractivity contribution is 6.43. The van der Waals surface area contributed by atoms with Crippen molar-refractivity contribution < 1.29 is 27.5 Å². The number of hydrogen-bond donors (Lipinski definition) is 0. The number of Topliss-reactive ketones (excluding diaryl/α,β-unsaturated/α-hetero) is 1. The molecular weight excluding hydrogens is 387 g/mol. The molecule has 1 aromatic heterocycles. The number of amides is 1. The lowest BCUT2D eigenvalue weighted by Gasteiger charge is -2.34. The highest BCUT2D eigenvalue weighted by Gasteiger charge is 2.34. The number of aromatic nitrogens is 2. The van der Waals surface area contributed by atoms with Crippen LogP contribution in [0.4, 0.5) is 13.2 Å². The number of aryl methyl sites for hydroxylation is 1. The van der Waals surface area contributed by atoms with E-state index in [1.807, 2.05) is 13.8 Å². The fourth-order valence-electron chi connectivity index (χ4n) is 3.63. The number of nitrogens with zero attached hydrogens (tertiary/aromatic N) is 3. The van der Waals surface area contributed by atoms with E-state index in [9.17, 15) is 22.8 Å². The Bertz CT molecular complexity index is 942. The van der Waals surface area contributed by atoms with Crippen LogP contribution in [-0.2, 0) is 15.7 Å². The Morgan fingerprint density at radius 1 is 1.14 bits per heavy atom. The normalized spacial score (nSPS) is 20.0. The third-order valence-electron chi connectivity index (χ3n) is 4.84. The highest BCUT2D eigenvalue weighted by atomic mass is 19.4. The van der Waals surface area contributed by atoms with Gasteiger partial charge in [0.05, 0.1) is 40.4 Å². The van der Waals surface area contributed by atoms with Crippen molar-refractivity contribution in [3.63, 3.8) is 0 Å². The lowest BCUT2D eigenvalue weighted by atomic mass is 10.1. The van der Waals surface area contributed by atoms with E-state index in [0.717, 1.165) is 12.1 Å². The van der Waals surface area contributed by atoms with Gasteiger partial charge >= 0.3 is 6.18 Å². The maximum absolute atomic E-state index is 13.0. The summed E-state index contributed by atoms with van der Waals surface area (Å²) >= 11 is 0. The number of halogens is 3. The van der Waals surface area contributed by atoms with Crippen LogP contribution in [0.3, 0.4) is 0 Å². The maximum Gasteiger partial charge on any atom is 0.416 e. The first-order valence-electron chi connectivity index (χ1n) is 9.22. The number of morpholine rings is 1. The van der Waals surface area contributed by atoms with Gasteiger partial charge in [0, 0.05) is 13.1 Å². The van der Waals surface area contributed by atoms with Gasteiger partial charge in [0.2, 0.25) is 0 Å². The lowest BCUT2D eigenvalue weighted by Crippen LogP contribution is -2.50. The molecule has 6 nitrogen and oxygen atoms in total. The summed E-state index contributed by atoms with van der Waals surface area (Å²) < 4.78 is 45.9. The number of alkyl halides is 3. The van der Waals surface area contributed by atoms with E-state index >= 15 is 0 Å². The first-order chi connectivity index (χ1) is 13.5. The Morgan fingerprint density at radius 3 is 2.34 bits per heavy atom. The van der Waals surface area contributed by atoms with Crippen LogP contribution in [0.15, 0.2) is 24.3 Å². The molecule has 2 heterocycles. The Kier molecular flexibility index (Phi) is 5.53. The largest absolute Gasteiger partial charge is 0.416 e. The molecule has 0 saturated carbocycles. The van der Waals surface area contributed by atoms with Crippen LogP contribution in [0.2, 0.25) is 0 Å². The van der Waals surface area contributed by atoms with E-state index in [4.69, 9.17) is 4.74 Å². The van der Waals surface area contributed by atoms with Crippen LogP contribution in [0, 0.1) is 13.8 Å². The zero-order chi connectivity index (χ0) is 21.5. The van der Waals surface area contributed by atoms with Crippen molar-refractivity contribution in [1.29, 1.82) is 0 Å². The van der Waals surface area contributed by atoms with Gasteiger partial charge in [0.15, 0.2) is 0 Å². The smallest absolute Gasteiger partial charge is 0.372 e. The molecule has 1 fully saturated rings. The number of ether oxygens (including phenoxy) is 1. The van der Waals surface area contributed by atoms with Gasteiger partial charge in [-0.15, -0.1) is 0 Å². The van der Waals surface area contributed by atoms with Crippen molar-refractivity contribution in [1.82, 2.24) is 14.7 Å². The number of hydrogen-bond acceptors (Lipinski definition) is 4. The van der Waals surface area contributed by atoms with E-state index in [2.05, 4.69) is 5.10 Å². The van der Waals surface area contributed by atoms with Crippen molar-refractivity contribution in [2.45, 2.75) is 46.1 Å². The number of carbonyl (C=O) groups is 2. The molecule has 9 heteroatoms. The van der Waals surface area contributed by atoms with Gasteiger partial charge in [-0.05, 0) is 45.9 Å². The average Bonchev–Trinajstić information content (AvgIpc) is 2.93. The van der Waals surface area contributed by atoms with Crippen molar-refractivity contribution >= 4 is 11.7 Å². The summed E-state index contributed by atoms with van der Waals surface area (Å²) in [5.74, 6) is -1.39. The van der Waals surface area contributed by atoms with Gasteiger partial charge in [-0.2, -0.15) is 18.3 Å². The minimum absolute atomic E-state index is 0.110. The van der Waals surface area contributed by atoms with Gasteiger partial charge < -0.3 is 9.64 Å².